The number of aromatic nitrogens is 2. The number of nitrogens with zero attached hydrogens (tertiary/aromatic N) is 2. The molecule has 0 spiro atoms. The normalized spacial score (nSPS) is 14.9. The SMILES string of the molecule is CC(C)(C)OC(=O)Nn1c(O)c2n(c1=O)CCCC2. The lowest BCUT2D eigenvalue weighted by Gasteiger charge is -2.19. The van der Waals surface area contributed by atoms with Crippen LogP contribution in [0.3, 0.4) is 0 Å². The highest BCUT2D eigenvalue weighted by molar-refractivity contribution is 5.76. The minimum absolute atomic E-state index is 0.212. The predicted octanol–water partition coefficient (Wildman–Crippen LogP) is 1.17. The zero-order valence-corrected chi connectivity index (χ0v) is 11.4. The summed E-state index contributed by atoms with van der Waals surface area (Å²) in [7, 11) is 0. The van der Waals surface area contributed by atoms with Gasteiger partial charge in [0.15, 0.2) is 0 Å². The molecule has 0 atom stereocenters. The highest BCUT2D eigenvalue weighted by Gasteiger charge is 2.24. The lowest BCUT2D eigenvalue weighted by atomic mass is 10.1. The number of ether oxygens (including phenoxy) is 1. The van der Waals surface area contributed by atoms with Crippen molar-refractivity contribution in [3.63, 3.8) is 0 Å². The van der Waals surface area contributed by atoms with Crippen molar-refractivity contribution in [3.05, 3.63) is 16.2 Å². The molecule has 0 fully saturated rings. The molecule has 0 unspecified atom stereocenters. The standard InChI is InChI=1S/C12H19N3O4/c1-12(2,3)19-10(17)13-15-9(16)8-6-4-5-7-14(8)11(15)18/h16H,4-7H2,1-3H3,(H,13,17). The zero-order chi connectivity index (χ0) is 14.2. The predicted molar refractivity (Wildman–Crippen MR) is 68.9 cm³/mol. The van der Waals surface area contributed by atoms with Crippen LogP contribution in [0, 0.1) is 0 Å². The van der Waals surface area contributed by atoms with Crippen LogP contribution in [0.2, 0.25) is 0 Å². The minimum Gasteiger partial charge on any atom is -0.492 e. The van der Waals surface area contributed by atoms with Crippen LogP contribution in [0.25, 0.3) is 0 Å². The third kappa shape index (κ3) is 2.74. The van der Waals surface area contributed by atoms with Gasteiger partial charge in [-0.25, -0.2) is 15.0 Å². The fourth-order valence-electron chi connectivity index (χ4n) is 2.11. The highest BCUT2D eigenvalue weighted by atomic mass is 16.6. The van der Waals surface area contributed by atoms with Crippen molar-refractivity contribution in [2.45, 2.75) is 52.2 Å². The quantitative estimate of drug-likeness (QED) is 0.801. The molecule has 1 amide bonds. The zero-order valence-electron chi connectivity index (χ0n) is 11.4. The Morgan fingerprint density at radius 1 is 1.37 bits per heavy atom. The number of hydrogen-bond acceptors (Lipinski definition) is 4. The number of carbonyl (C=O) groups excluding carboxylic acids is 1. The van der Waals surface area contributed by atoms with E-state index in [9.17, 15) is 14.7 Å². The summed E-state index contributed by atoms with van der Waals surface area (Å²) in [5.41, 5.74) is 1.72. The average Bonchev–Trinajstić information content (AvgIpc) is 2.53. The van der Waals surface area contributed by atoms with E-state index in [0.717, 1.165) is 17.5 Å². The van der Waals surface area contributed by atoms with Gasteiger partial charge in [0.1, 0.15) is 5.60 Å². The largest absolute Gasteiger partial charge is 0.492 e. The van der Waals surface area contributed by atoms with E-state index >= 15 is 0 Å². The molecule has 106 valence electrons. The van der Waals surface area contributed by atoms with Crippen LogP contribution in [-0.2, 0) is 17.7 Å². The fourth-order valence-corrected chi connectivity index (χ4v) is 2.11. The second-order valence-electron chi connectivity index (χ2n) is 5.61. The average molecular weight is 269 g/mol. The van der Waals surface area contributed by atoms with Gasteiger partial charge in [0.05, 0.1) is 5.69 Å². The van der Waals surface area contributed by atoms with Crippen LogP contribution in [0.4, 0.5) is 4.79 Å². The van der Waals surface area contributed by atoms with Crippen molar-refractivity contribution < 1.29 is 14.6 Å². The molecule has 0 saturated heterocycles. The first-order valence-corrected chi connectivity index (χ1v) is 6.33. The second kappa shape index (κ2) is 4.64. The van der Waals surface area contributed by atoms with Crippen molar-refractivity contribution in [2.24, 2.45) is 0 Å². The first-order chi connectivity index (χ1) is 8.79. The van der Waals surface area contributed by atoms with Gasteiger partial charge in [-0.3, -0.25) is 4.57 Å². The fraction of sp³-hybridized carbons (Fsp3) is 0.667. The van der Waals surface area contributed by atoms with Gasteiger partial charge in [-0.1, -0.05) is 0 Å². The van der Waals surface area contributed by atoms with E-state index in [1.54, 1.807) is 20.8 Å². The van der Waals surface area contributed by atoms with Crippen LogP contribution in [0.1, 0.15) is 39.3 Å². The van der Waals surface area contributed by atoms with E-state index in [-0.39, 0.29) is 5.88 Å². The Morgan fingerprint density at radius 3 is 2.63 bits per heavy atom. The number of rotatable bonds is 1. The van der Waals surface area contributed by atoms with Gasteiger partial charge in [-0.15, -0.1) is 0 Å². The maximum Gasteiger partial charge on any atom is 0.427 e. The summed E-state index contributed by atoms with van der Waals surface area (Å²) in [6.07, 6.45) is 1.67. The molecule has 2 rings (SSSR count). The summed E-state index contributed by atoms with van der Waals surface area (Å²) >= 11 is 0. The maximum atomic E-state index is 12.0. The number of carbonyl (C=O) groups is 1. The Kier molecular flexibility index (Phi) is 3.30. The second-order valence-corrected chi connectivity index (χ2v) is 5.61. The van der Waals surface area contributed by atoms with Crippen LogP contribution in [-0.4, -0.2) is 26.0 Å². The first-order valence-electron chi connectivity index (χ1n) is 6.33. The van der Waals surface area contributed by atoms with Gasteiger partial charge in [0.25, 0.3) is 0 Å². The number of amides is 1. The van der Waals surface area contributed by atoms with Crippen LogP contribution in [0.15, 0.2) is 4.79 Å². The maximum absolute atomic E-state index is 12.0. The van der Waals surface area contributed by atoms with Gasteiger partial charge in [-0.05, 0) is 40.0 Å². The molecular weight excluding hydrogens is 250 g/mol. The van der Waals surface area contributed by atoms with E-state index in [1.807, 2.05) is 0 Å². The van der Waals surface area contributed by atoms with Crippen LogP contribution in [0.5, 0.6) is 5.88 Å². The molecular formula is C12H19N3O4. The van der Waals surface area contributed by atoms with Gasteiger partial charge in [0, 0.05) is 6.54 Å². The van der Waals surface area contributed by atoms with Crippen LogP contribution < -0.4 is 11.1 Å². The third-order valence-electron chi connectivity index (χ3n) is 2.87. The van der Waals surface area contributed by atoms with Gasteiger partial charge in [0.2, 0.25) is 5.88 Å². The van der Waals surface area contributed by atoms with E-state index in [2.05, 4.69) is 5.43 Å². The molecule has 0 aliphatic carbocycles. The number of nitrogens with one attached hydrogen (secondary N) is 1. The van der Waals surface area contributed by atoms with Crippen molar-refractivity contribution in [1.29, 1.82) is 0 Å². The van der Waals surface area contributed by atoms with Crippen molar-refractivity contribution in [2.75, 3.05) is 5.43 Å². The Bertz CT molecular complexity index is 551. The molecule has 19 heavy (non-hydrogen) atoms. The molecule has 1 aromatic rings. The monoisotopic (exact) mass is 269 g/mol. The molecule has 1 aliphatic rings. The Balaban J connectivity index is 2.24. The Labute approximate surface area is 110 Å². The van der Waals surface area contributed by atoms with Crippen molar-refractivity contribution in [3.8, 4) is 5.88 Å². The molecule has 2 N–H and O–H groups in total. The van der Waals surface area contributed by atoms with E-state index in [0.29, 0.717) is 18.7 Å². The molecule has 0 aromatic carbocycles. The molecule has 7 heteroatoms. The molecule has 0 bridgehead atoms. The summed E-state index contributed by atoms with van der Waals surface area (Å²) in [6, 6.07) is 0. The lowest BCUT2D eigenvalue weighted by molar-refractivity contribution is 0.0609. The van der Waals surface area contributed by atoms with Crippen molar-refractivity contribution >= 4 is 6.09 Å². The van der Waals surface area contributed by atoms with E-state index in [1.165, 1.54) is 4.57 Å². The number of imidazole rings is 1. The van der Waals surface area contributed by atoms with Crippen molar-refractivity contribution in [1.82, 2.24) is 9.24 Å². The number of fused-ring (bicyclic) bond motifs is 1. The van der Waals surface area contributed by atoms with Crippen LogP contribution >= 0.6 is 0 Å². The van der Waals surface area contributed by atoms with E-state index < -0.39 is 17.4 Å². The summed E-state index contributed by atoms with van der Waals surface area (Å²) in [6.45, 7) is 5.73. The Morgan fingerprint density at radius 2 is 2.05 bits per heavy atom. The molecule has 0 saturated carbocycles. The summed E-state index contributed by atoms with van der Waals surface area (Å²) in [5, 5.41) is 9.97. The molecule has 7 nitrogen and oxygen atoms in total. The minimum atomic E-state index is -0.771. The number of hydrogen-bond donors (Lipinski definition) is 2. The molecule has 2 heterocycles. The number of aromatic hydroxyl groups is 1. The summed E-state index contributed by atoms with van der Waals surface area (Å²) < 4.78 is 7.38. The lowest BCUT2D eigenvalue weighted by Crippen LogP contribution is -2.37. The van der Waals surface area contributed by atoms with E-state index in [4.69, 9.17) is 4.74 Å². The van der Waals surface area contributed by atoms with Gasteiger partial charge in [-0.2, -0.15) is 4.68 Å². The molecule has 0 radical (unpaired) electrons. The summed E-state index contributed by atoms with van der Waals surface area (Å²) in [5.74, 6) is -0.212. The third-order valence-corrected chi connectivity index (χ3v) is 2.87. The van der Waals surface area contributed by atoms with Gasteiger partial charge >= 0.3 is 11.8 Å². The van der Waals surface area contributed by atoms with Gasteiger partial charge < -0.3 is 9.84 Å². The Hall–Kier alpha value is -1.92. The molecule has 1 aliphatic heterocycles. The topological polar surface area (TPSA) is 85.5 Å². The first kappa shape index (κ1) is 13.5. The molecule has 1 aromatic heterocycles. The smallest absolute Gasteiger partial charge is 0.427 e. The summed E-state index contributed by atoms with van der Waals surface area (Å²) in [4.78, 5) is 23.7. The highest BCUT2D eigenvalue weighted by Crippen LogP contribution is 2.21.